The number of hydrogen-bond acceptors (Lipinski definition) is 6. The van der Waals surface area contributed by atoms with Crippen LogP contribution in [0.25, 0.3) is 0 Å². The van der Waals surface area contributed by atoms with Crippen molar-refractivity contribution in [2.24, 2.45) is 10.8 Å². The summed E-state index contributed by atoms with van der Waals surface area (Å²) in [5.74, 6) is 0. The molecule has 0 aromatic carbocycles. The van der Waals surface area contributed by atoms with E-state index in [9.17, 15) is 25.5 Å². The number of aliphatic hydroxyl groups excluding tert-OH is 6. The van der Waals surface area contributed by atoms with Crippen LogP contribution in [0.1, 0.15) is 13.8 Å². The van der Waals surface area contributed by atoms with Crippen LogP contribution in [0.4, 0.5) is 0 Å². The molecule has 4 fully saturated rings. The first-order valence-electron chi connectivity index (χ1n) is 8.33. The minimum Gasteiger partial charge on any atom is -0.394 e. The third-order valence-electron chi connectivity index (χ3n) is 6.35. The van der Waals surface area contributed by atoms with Crippen molar-refractivity contribution < 1.29 is 40.4 Å². The molecule has 4 aliphatic rings. The summed E-state index contributed by atoms with van der Waals surface area (Å²) in [6, 6.07) is 0. The van der Waals surface area contributed by atoms with Crippen LogP contribution in [0, 0.1) is 10.8 Å². The van der Waals surface area contributed by atoms with E-state index in [4.69, 9.17) is 5.11 Å². The molecule has 4 heterocycles. The molecule has 8 nitrogen and oxygen atoms in total. The van der Waals surface area contributed by atoms with Crippen molar-refractivity contribution >= 4 is 0 Å². The molecule has 0 aromatic rings. The number of aliphatic hydroxyl groups is 6. The van der Waals surface area contributed by atoms with Crippen LogP contribution in [0.15, 0.2) is 0 Å². The third kappa shape index (κ3) is 2.52. The number of quaternary nitrogens is 2. The Morgan fingerprint density at radius 3 is 1.74 bits per heavy atom. The van der Waals surface area contributed by atoms with Gasteiger partial charge in [0.25, 0.3) is 0 Å². The van der Waals surface area contributed by atoms with Crippen molar-refractivity contribution in [3.8, 4) is 0 Å². The minimum absolute atomic E-state index is 0.208. The summed E-state index contributed by atoms with van der Waals surface area (Å²) in [6.07, 6.45) is -6.48. The fourth-order valence-corrected chi connectivity index (χ4v) is 5.50. The SMILES string of the molecule is CC12C[NH+]3CC(C)(C[NH+](C1)C3[C@@H](O)[C@H](O)[C@H](O)[C@H](O)CO)C2O. The van der Waals surface area contributed by atoms with Gasteiger partial charge in [-0.05, 0) is 13.8 Å². The van der Waals surface area contributed by atoms with Gasteiger partial charge in [0.2, 0.25) is 6.17 Å². The number of hydrogen-bond donors (Lipinski definition) is 8. The van der Waals surface area contributed by atoms with Gasteiger partial charge in [-0.2, -0.15) is 0 Å². The Bertz CT molecular complexity index is 425. The maximum absolute atomic E-state index is 10.6. The Kier molecular flexibility index (Phi) is 4.26. The van der Waals surface area contributed by atoms with Gasteiger partial charge in [0.05, 0.1) is 49.7 Å². The van der Waals surface area contributed by atoms with E-state index in [1.807, 2.05) is 0 Å². The molecule has 134 valence electrons. The Balaban J connectivity index is 1.78. The molecule has 0 saturated carbocycles. The molecular weight excluding hydrogens is 304 g/mol. The van der Waals surface area contributed by atoms with Gasteiger partial charge in [0.15, 0.2) is 6.10 Å². The number of nitrogens with one attached hydrogen (secondary N) is 2. The highest BCUT2D eigenvalue weighted by Gasteiger charge is 2.69. The normalized spacial score (nSPS) is 50.6. The van der Waals surface area contributed by atoms with E-state index in [2.05, 4.69) is 13.8 Å². The van der Waals surface area contributed by atoms with Crippen LogP contribution >= 0.6 is 0 Å². The lowest BCUT2D eigenvalue weighted by atomic mass is 9.60. The van der Waals surface area contributed by atoms with Gasteiger partial charge < -0.3 is 30.6 Å². The van der Waals surface area contributed by atoms with Gasteiger partial charge >= 0.3 is 0 Å². The molecule has 0 aromatic heterocycles. The van der Waals surface area contributed by atoms with E-state index in [0.29, 0.717) is 26.2 Å². The van der Waals surface area contributed by atoms with Crippen LogP contribution in [0.2, 0.25) is 0 Å². The van der Waals surface area contributed by atoms with Crippen LogP contribution < -0.4 is 9.80 Å². The summed E-state index contributed by atoms with van der Waals surface area (Å²) in [5, 5.41) is 59.7. The molecule has 0 aliphatic carbocycles. The summed E-state index contributed by atoms with van der Waals surface area (Å²) < 4.78 is 0. The lowest BCUT2D eigenvalue weighted by Crippen LogP contribution is -3.46. The minimum atomic E-state index is -1.59. The lowest BCUT2D eigenvalue weighted by molar-refractivity contribution is -1.18. The fraction of sp³-hybridized carbons (Fsp3) is 1.00. The third-order valence-corrected chi connectivity index (χ3v) is 6.35. The van der Waals surface area contributed by atoms with Crippen LogP contribution in [0.3, 0.4) is 0 Å². The Hall–Kier alpha value is -0.320. The second-order valence-electron chi connectivity index (χ2n) is 8.43. The largest absolute Gasteiger partial charge is 0.394 e. The highest BCUT2D eigenvalue weighted by atomic mass is 16.4. The lowest BCUT2D eigenvalue weighted by Gasteiger charge is -2.63. The van der Waals surface area contributed by atoms with E-state index in [1.165, 1.54) is 0 Å². The van der Waals surface area contributed by atoms with E-state index in [-0.39, 0.29) is 23.1 Å². The van der Waals surface area contributed by atoms with Crippen molar-refractivity contribution in [2.45, 2.75) is 50.5 Å². The topological polar surface area (TPSA) is 130 Å². The molecule has 8 heteroatoms. The number of rotatable bonds is 5. The molecule has 8 N–H and O–H groups in total. The first-order valence-corrected chi connectivity index (χ1v) is 8.33. The summed E-state index contributed by atoms with van der Waals surface area (Å²) in [5.41, 5.74) is -0.416. The van der Waals surface area contributed by atoms with E-state index in [0.717, 1.165) is 9.80 Å². The Labute approximate surface area is 135 Å². The van der Waals surface area contributed by atoms with Crippen molar-refractivity contribution in [1.82, 2.24) is 0 Å². The van der Waals surface area contributed by atoms with Crippen molar-refractivity contribution in [3.05, 3.63) is 0 Å². The highest BCUT2D eigenvalue weighted by molar-refractivity contribution is 5.01. The van der Waals surface area contributed by atoms with Gasteiger partial charge in [-0.25, -0.2) is 0 Å². The van der Waals surface area contributed by atoms with Gasteiger partial charge in [0, 0.05) is 0 Å². The zero-order valence-electron chi connectivity index (χ0n) is 13.7. The van der Waals surface area contributed by atoms with Gasteiger partial charge in [-0.1, -0.05) is 0 Å². The average Bonchev–Trinajstić information content (AvgIpc) is 2.48. The molecule has 4 atom stereocenters. The predicted molar refractivity (Wildman–Crippen MR) is 78.5 cm³/mol. The smallest absolute Gasteiger partial charge is 0.242 e. The van der Waals surface area contributed by atoms with E-state index >= 15 is 0 Å². The van der Waals surface area contributed by atoms with Crippen molar-refractivity contribution in [1.29, 1.82) is 0 Å². The summed E-state index contributed by atoms with van der Waals surface area (Å²) in [7, 11) is 0. The van der Waals surface area contributed by atoms with E-state index in [1.54, 1.807) is 0 Å². The molecular formula is C15H30N2O6+2. The summed E-state index contributed by atoms with van der Waals surface area (Å²) >= 11 is 0. The molecule has 23 heavy (non-hydrogen) atoms. The number of piperidine rings is 2. The second kappa shape index (κ2) is 5.60. The standard InChI is InChI=1S/C15H28N2O6/c1-14-4-16-6-15(2,13(14)23)7-17(5-14)12(16)11(22)10(21)9(20)8(19)3-18/h8-13,18-23H,3-7H2,1-2H3/p+2/t8-,9-,10-,11+,12?,13?,14?,15?/m1/s1. The summed E-state index contributed by atoms with van der Waals surface area (Å²) in [4.78, 5) is 2.23. The van der Waals surface area contributed by atoms with Crippen molar-refractivity contribution in [2.75, 3.05) is 32.8 Å². The molecule has 4 saturated heterocycles. The molecule has 4 bridgehead atoms. The van der Waals surface area contributed by atoms with E-state index < -0.39 is 31.0 Å². The van der Waals surface area contributed by atoms with Crippen molar-refractivity contribution in [3.63, 3.8) is 0 Å². The Morgan fingerprint density at radius 2 is 1.35 bits per heavy atom. The zero-order valence-corrected chi connectivity index (χ0v) is 13.7. The first kappa shape index (κ1) is 17.5. The van der Waals surface area contributed by atoms with Crippen LogP contribution in [0.5, 0.6) is 0 Å². The fourth-order valence-electron chi connectivity index (χ4n) is 5.50. The molecule has 4 aliphatic heterocycles. The monoisotopic (exact) mass is 334 g/mol. The maximum Gasteiger partial charge on any atom is 0.242 e. The molecule has 0 radical (unpaired) electrons. The van der Waals surface area contributed by atoms with Gasteiger partial charge in [-0.3, -0.25) is 9.80 Å². The average molecular weight is 334 g/mol. The molecule has 4 rings (SSSR count). The van der Waals surface area contributed by atoms with Gasteiger partial charge in [0.1, 0.15) is 18.3 Å². The molecule has 0 amide bonds. The maximum atomic E-state index is 10.6. The van der Waals surface area contributed by atoms with Crippen LogP contribution in [-0.2, 0) is 0 Å². The Morgan fingerprint density at radius 1 is 0.913 bits per heavy atom. The second-order valence-corrected chi connectivity index (χ2v) is 8.43. The quantitative estimate of drug-likeness (QED) is 0.253. The highest BCUT2D eigenvalue weighted by Crippen LogP contribution is 2.38. The first-order chi connectivity index (χ1) is 10.6. The molecule has 0 unspecified atom stereocenters. The predicted octanol–water partition coefficient (Wildman–Crippen LogP) is -6.07. The van der Waals surface area contributed by atoms with Crippen LogP contribution in [-0.4, -0.2) is 100 Å². The molecule has 0 spiro atoms. The van der Waals surface area contributed by atoms with Gasteiger partial charge in [-0.15, -0.1) is 0 Å². The summed E-state index contributed by atoms with van der Waals surface area (Å²) in [6.45, 7) is 6.29. The zero-order chi connectivity index (χ0) is 17.2.